The van der Waals surface area contributed by atoms with E-state index in [1.807, 2.05) is 91.0 Å². The number of amides is 1. The van der Waals surface area contributed by atoms with Gasteiger partial charge in [-0.2, -0.15) is 0 Å². The maximum absolute atomic E-state index is 13.3. The van der Waals surface area contributed by atoms with Crippen molar-refractivity contribution in [3.8, 4) is 0 Å². The second kappa shape index (κ2) is 8.38. The Bertz CT molecular complexity index is 1050. The standard InChI is InChI=1S/C25H19FNOP/c26-21-18-16-20(17-19-21)25(28)27-29(22-10-4-1-5-11-22,23-12-6-2-7-13-23)24-14-8-3-9-15-24/h1-19H. The minimum atomic E-state index is -2.60. The first kappa shape index (κ1) is 19.0. The molecular formula is C25H19FNOP. The van der Waals surface area contributed by atoms with Crippen molar-refractivity contribution in [1.82, 2.24) is 0 Å². The number of carbonyl (C=O) groups is 1. The maximum Gasteiger partial charge on any atom is 0.276 e. The van der Waals surface area contributed by atoms with E-state index in [0.717, 1.165) is 15.9 Å². The minimum Gasteiger partial charge on any atom is -0.267 e. The third kappa shape index (κ3) is 3.83. The summed E-state index contributed by atoms with van der Waals surface area (Å²) in [5.74, 6) is -0.730. The molecule has 4 aromatic carbocycles. The predicted molar refractivity (Wildman–Crippen MR) is 118 cm³/mol. The van der Waals surface area contributed by atoms with E-state index in [-0.39, 0.29) is 11.7 Å². The fourth-order valence-corrected chi connectivity index (χ4v) is 6.78. The van der Waals surface area contributed by atoms with Crippen molar-refractivity contribution in [2.45, 2.75) is 0 Å². The zero-order chi connectivity index (χ0) is 20.1. The highest BCUT2D eigenvalue weighted by Crippen LogP contribution is 2.46. The Morgan fingerprint density at radius 3 is 1.34 bits per heavy atom. The van der Waals surface area contributed by atoms with Crippen LogP contribution in [0.2, 0.25) is 0 Å². The van der Waals surface area contributed by atoms with Gasteiger partial charge in [0.25, 0.3) is 5.91 Å². The van der Waals surface area contributed by atoms with Crippen molar-refractivity contribution in [3.05, 3.63) is 127 Å². The molecule has 0 radical (unpaired) electrons. The highest BCUT2D eigenvalue weighted by Gasteiger charge is 2.28. The van der Waals surface area contributed by atoms with E-state index < -0.39 is 7.05 Å². The molecule has 4 heteroatoms. The van der Waals surface area contributed by atoms with Crippen LogP contribution in [0.4, 0.5) is 4.39 Å². The van der Waals surface area contributed by atoms with E-state index >= 15 is 0 Å². The van der Waals surface area contributed by atoms with E-state index in [9.17, 15) is 9.18 Å². The quantitative estimate of drug-likeness (QED) is 0.437. The summed E-state index contributed by atoms with van der Waals surface area (Å²) in [5, 5.41) is 2.98. The molecule has 0 saturated carbocycles. The Balaban J connectivity index is 2.05. The van der Waals surface area contributed by atoms with Crippen molar-refractivity contribution in [2.75, 3.05) is 0 Å². The highest BCUT2D eigenvalue weighted by molar-refractivity contribution is 7.87. The van der Waals surface area contributed by atoms with Gasteiger partial charge in [0, 0.05) is 21.5 Å². The number of rotatable bonds is 4. The first-order valence-electron chi connectivity index (χ1n) is 9.29. The molecule has 1 amide bonds. The molecule has 0 bridgehead atoms. The summed E-state index contributed by atoms with van der Waals surface area (Å²) < 4.78 is 18.2. The fourth-order valence-electron chi connectivity index (χ4n) is 3.34. The van der Waals surface area contributed by atoms with Crippen LogP contribution in [-0.4, -0.2) is 5.91 Å². The van der Waals surface area contributed by atoms with Gasteiger partial charge in [0.05, 0.1) is 7.05 Å². The number of benzene rings is 4. The van der Waals surface area contributed by atoms with Crippen LogP contribution in [0.25, 0.3) is 0 Å². The summed E-state index contributed by atoms with van der Waals surface area (Å²) in [6, 6.07) is 35.3. The number of nitrogens with zero attached hydrogens (tertiary/aromatic N) is 1. The Morgan fingerprint density at radius 2 is 0.966 bits per heavy atom. The summed E-state index contributed by atoms with van der Waals surface area (Å²) in [6.45, 7) is 0. The van der Waals surface area contributed by atoms with E-state index in [4.69, 9.17) is 4.74 Å². The molecule has 0 aliphatic heterocycles. The first-order valence-corrected chi connectivity index (χ1v) is 11.0. The van der Waals surface area contributed by atoms with Gasteiger partial charge in [0.15, 0.2) is 0 Å². The molecule has 142 valence electrons. The minimum absolute atomic E-state index is 0.352. The summed E-state index contributed by atoms with van der Waals surface area (Å²) in [6.07, 6.45) is 0. The smallest absolute Gasteiger partial charge is 0.267 e. The molecule has 0 unspecified atom stereocenters. The Morgan fingerprint density at radius 1 is 0.586 bits per heavy atom. The summed E-state index contributed by atoms with van der Waals surface area (Å²) >= 11 is 0. The molecule has 0 atom stereocenters. The molecule has 29 heavy (non-hydrogen) atoms. The average Bonchev–Trinajstić information content (AvgIpc) is 2.79. The van der Waals surface area contributed by atoms with Crippen molar-refractivity contribution in [1.29, 1.82) is 0 Å². The van der Waals surface area contributed by atoms with Crippen molar-refractivity contribution in [3.63, 3.8) is 0 Å². The molecular weight excluding hydrogens is 380 g/mol. The van der Waals surface area contributed by atoms with Gasteiger partial charge in [-0.25, -0.2) is 9.14 Å². The van der Waals surface area contributed by atoms with E-state index in [2.05, 4.69) is 0 Å². The van der Waals surface area contributed by atoms with Gasteiger partial charge in [-0.05, 0) is 24.3 Å². The molecule has 4 rings (SSSR count). The molecule has 0 N–H and O–H groups in total. The summed E-state index contributed by atoms with van der Waals surface area (Å²) in [4.78, 5) is 13.2. The van der Waals surface area contributed by atoms with E-state index in [1.54, 1.807) is 0 Å². The second-order valence-corrected chi connectivity index (χ2v) is 9.57. The van der Waals surface area contributed by atoms with Crippen LogP contribution in [0.3, 0.4) is 0 Å². The molecule has 0 spiro atoms. The Labute approximate surface area is 169 Å². The Kier molecular flexibility index (Phi) is 5.50. The van der Waals surface area contributed by atoms with Gasteiger partial charge in [-0.3, -0.25) is 4.79 Å². The SMILES string of the molecule is O=C(N=P(c1ccccc1)(c1ccccc1)c1ccccc1)c1ccc(F)cc1. The van der Waals surface area contributed by atoms with Crippen LogP contribution in [0.5, 0.6) is 0 Å². The lowest BCUT2D eigenvalue weighted by atomic mass is 10.2. The maximum atomic E-state index is 13.3. The van der Waals surface area contributed by atoms with Gasteiger partial charge in [0.1, 0.15) is 5.82 Å². The molecule has 4 aromatic rings. The lowest BCUT2D eigenvalue weighted by molar-refractivity contribution is 0.100. The zero-order valence-corrected chi connectivity index (χ0v) is 16.5. The van der Waals surface area contributed by atoms with Crippen LogP contribution in [0.15, 0.2) is 120 Å². The van der Waals surface area contributed by atoms with Gasteiger partial charge < -0.3 is 0 Å². The lowest BCUT2D eigenvalue weighted by Crippen LogP contribution is -2.26. The monoisotopic (exact) mass is 399 g/mol. The van der Waals surface area contributed by atoms with Crippen LogP contribution in [-0.2, 0) is 0 Å². The van der Waals surface area contributed by atoms with E-state index in [0.29, 0.717) is 5.56 Å². The lowest BCUT2D eigenvalue weighted by Gasteiger charge is -2.26. The van der Waals surface area contributed by atoms with Gasteiger partial charge >= 0.3 is 0 Å². The van der Waals surface area contributed by atoms with Crippen molar-refractivity contribution < 1.29 is 9.18 Å². The Hall–Kier alpha value is -3.29. The topological polar surface area (TPSA) is 29.4 Å². The summed E-state index contributed by atoms with van der Waals surface area (Å²) in [7, 11) is -2.60. The molecule has 0 saturated heterocycles. The molecule has 0 aliphatic rings. The predicted octanol–water partition coefficient (Wildman–Crippen LogP) is 5.14. The van der Waals surface area contributed by atoms with Crippen LogP contribution >= 0.6 is 7.05 Å². The number of hydrogen-bond acceptors (Lipinski definition) is 1. The average molecular weight is 399 g/mol. The molecule has 0 fully saturated rings. The van der Waals surface area contributed by atoms with Gasteiger partial charge in [0.2, 0.25) is 0 Å². The van der Waals surface area contributed by atoms with Crippen LogP contribution in [0, 0.1) is 5.82 Å². The third-order valence-electron chi connectivity index (χ3n) is 4.72. The third-order valence-corrected chi connectivity index (χ3v) is 8.34. The molecule has 0 aliphatic carbocycles. The van der Waals surface area contributed by atoms with Gasteiger partial charge in [-0.1, -0.05) is 91.0 Å². The fraction of sp³-hybridized carbons (Fsp3) is 0. The number of halogens is 1. The summed E-state index contributed by atoms with van der Waals surface area (Å²) in [5.41, 5.74) is 0.374. The van der Waals surface area contributed by atoms with Gasteiger partial charge in [-0.15, -0.1) is 0 Å². The van der Waals surface area contributed by atoms with E-state index in [1.165, 1.54) is 24.3 Å². The normalized spacial score (nSPS) is 11.1. The number of hydrogen-bond donors (Lipinski definition) is 0. The first-order chi connectivity index (χ1) is 14.2. The molecule has 0 aromatic heterocycles. The second-order valence-electron chi connectivity index (χ2n) is 6.55. The van der Waals surface area contributed by atoms with Crippen LogP contribution < -0.4 is 15.9 Å². The van der Waals surface area contributed by atoms with Crippen molar-refractivity contribution in [2.24, 2.45) is 4.74 Å². The zero-order valence-electron chi connectivity index (χ0n) is 15.7. The molecule has 2 nitrogen and oxygen atoms in total. The van der Waals surface area contributed by atoms with Crippen LogP contribution in [0.1, 0.15) is 10.4 Å². The van der Waals surface area contributed by atoms with Crippen molar-refractivity contribution >= 4 is 28.9 Å². The molecule has 0 heterocycles. The highest BCUT2D eigenvalue weighted by atomic mass is 31.2. The number of carbonyl (C=O) groups excluding carboxylic acids is 1. The largest absolute Gasteiger partial charge is 0.276 e.